The summed E-state index contributed by atoms with van der Waals surface area (Å²) in [6.45, 7) is 0. The molecule has 3 heteroatoms. The third kappa shape index (κ3) is 5.66. The molecule has 0 fully saturated rings. The minimum Gasteiger partial charge on any atom is -0.345 e. The van der Waals surface area contributed by atoms with Crippen molar-refractivity contribution in [3.8, 4) is 28.3 Å². The molecule has 0 heterocycles. The molecule has 45 heavy (non-hydrogen) atoms. The van der Waals surface area contributed by atoms with Gasteiger partial charge in [0.25, 0.3) is 0 Å². The Labute approximate surface area is 264 Å². The van der Waals surface area contributed by atoms with Gasteiger partial charge in [-0.15, -0.1) is 0 Å². The smallest absolute Gasteiger partial charge is 0.0991 e. The minimum absolute atomic E-state index is 0.661. The molecule has 3 nitrogen and oxygen atoms in total. The van der Waals surface area contributed by atoms with E-state index in [1.54, 1.807) is 0 Å². The molecule has 214 valence electrons. The number of hydrogen-bond donors (Lipinski definition) is 0. The van der Waals surface area contributed by atoms with E-state index in [4.69, 9.17) is 5.26 Å². The lowest BCUT2D eigenvalue weighted by molar-refractivity contribution is 1.21. The third-order valence-electron chi connectivity index (χ3n) is 8.34. The Morgan fingerprint density at radius 3 is 1.42 bits per heavy atom. The number of rotatable bonds is 7. The van der Waals surface area contributed by atoms with Gasteiger partial charge in [-0.3, -0.25) is 0 Å². The van der Waals surface area contributed by atoms with Gasteiger partial charge in [0.1, 0.15) is 0 Å². The molecule has 0 saturated carbocycles. The molecule has 7 aromatic carbocycles. The number of hydrogen-bond acceptors (Lipinski definition) is 3. The van der Waals surface area contributed by atoms with E-state index in [0.717, 1.165) is 39.6 Å². The van der Waals surface area contributed by atoms with Gasteiger partial charge >= 0.3 is 0 Å². The first-order chi connectivity index (χ1) is 22.2. The van der Waals surface area contributed by atoms with E-state index in [2.05, 4.69) is 155 Å². The maximum absolute atomic E-state index is 9.11. The third-order valence-corrected chi connectivity index (χ3v) is 8.34. The van der Waals surface area contributed by atoms with Gasteiger partial charge in [-0.25, -0.2) is 0 Å². The second kappa shape index (κ2) is 12.2. The predicted molar refractivity (Wildman–Crippen MR) is 189 cm³/mol. The molecule has 0 aromatic heterocycles. The summed E-state index contributed by atoms with van der Waals surface area (Å²) >= 11 is 0. The van der Waals surface area contributed by atoms with Crippen molar-refractivity contribution < 1.29 is 0 Å². The summed E-state index contributed by atoms with van der Waals surface area (Å²) in [5.41, 5.74) is 10.8. The molecule has 0 atom stereocenters. The molecule has 0 radical (unpaired) electrons. The van der Waals surface area contributed by atoms with Crippen molar-refractivity contribution in [2.24, 2.45) is 0 Å². The van der Waals surface area contributed by atoms with Crippen LogP contribution in [-0.4, -0.2) is 7.05 Å². The van der Waals surface area contributed by atoms with E-state index in [1.165, 1.54) is 21.9 Å². The first kappa shape index (κ1) is 27.7. The van der Waals surface area contributed by atoms with Crippen LogP contribution in [0.2, 0.25) is 0 Å². The van der Waals surface area contributed by atoms with Crippen LogP contribution in [0.1, 0.15) is 5.56 Å². The maximum Gasteiger partial charge on any atom is 0.0991 e. The molecule has 0 aliphatic rings. The fourth-order valence-electron chi connectivity index (χ4n) is 5.85. The molecule has 0 saturated heterocycles. The molecule has 0 bridgehead atoms. The minimum atomic E-state index is 0.661. The summed E-state index contributed by atoms with van der Waals surface area (Å²) in [5, 5.41) is 11.5. The highest BCUT2D eigenvalue weighted by Gasteiger charge is 2.16. The average molecular weight is 578 g/mol. The van der Waals surface area contributed by atoms with Crippen molar-refractivity contribution in [3.63, 3.8) is 0 Å². The number of nitriles is 1. The highest BCUT2D eigenvalue weighted by molar-refractivity contribution is 5.99. The molecule has 0 aliphatic carbocycles. The van der Waals surface area contributed by atoms with Gasteiger partial charge in [0.2, 0.25) is 0 Å². The quantitative estimate of drug-likeness (QED) is 0.189. The largest absolute Gasteiger partial charge is 0.345 e. The first-order valence-electron chi connectivity index (χ1n) is 15.1. The zero-order valence-electron chi connectivity index (χ0n) is 25.0. The SMILES string of the molecule is CN(c1ccc(C#N)cc1)c1ccc(-c2ccc(N(c3ccc(-c4ccccc4)cc3)c3cccc4ccccc34)cc2)cc1. The normalized spacial score (nSPS) is 10.8. The van der Waals surface area contributed by atoms with Crippen molar-refractivity contribution in [1.82, 2.24) is 0 Å². The van der Waals surface area contributed by atoms with Crippen molar-refractivity contribution in [2.75, 3.05) is 16.8 Å². The van der Waals surface area contributed by atoms with Crippen LogP contribution in [0, 0.1) is 11.3 Å². The van der Waals surface area contributed by atoms with E-state index in [-0.39, 0.29) is 0 Å². The zero-order chi connectivity index (χ0) is 30.6. The van der Waals surface area contributed by atoms with E-state index in [9.17, 15) is 0 Å². The Hall–Kier alpha value is -6.11. The summed E-state index contributed by atoms with van der Waals surface area (Å²) in [6.07, 6.45) is 0. The Morgan fingerprint density at radius 2 is 0.867 bits per heavy atom. The molecule has 7 aromatic rings. The van der Waals surface area contributed by atoms with Crippen LogP contribution in [-0.2, 0) is 0 Å². The van der Waals surface area contributed by atoms with E-state index < -0.39 is 0 Å². The number of nitrogens with zero attached hydrogens (tertiary/aromatic N) is 3. The van der Waals surface area contributed by atoms with Crippen LogP contribution in [0.3, 0.4) is 0 Å². The highest BCUT2D eigenvalue weighted by atomic mass is 15.1. The van der Waals surface area contributed by atoms with Crippen molar-refractivity contribution >= 4 is 39.2 Å². The first-order valence-corrected chi connectivity index (χ1v) is 15.1. The molecule has 0 N–H and O–H groups in total. The maximum atomic E-state index is 9.11. The molecular weight excluding hydrogens is 546 g/mol. The van der Waals surface area contributed by atoms with Crippen molar-refractivity contribution in [2.45, 2.75) is 0 Å². The fraction of sp³-hybridized carbons (Fsp3) is 0.0238. The van der Waals surface area contributed by atoms with Gasteiger partial charge in [0.05, 0.1) is 17.3 Å². The Bertz CT molecular complexity index is 2090. The van der Waals surface area contributed by atoms with Gasteiger partial charge in [-0.2, -0.15) is 5.26 Å². The lowest BCUT2D eigenvalue weighted by Gasteiger charge is -2.27. The number of benzene rings is 7. The Balaban J connectivity index is 1.21. The standard InChI is InChI=1S/C42H31N3/c1-44(37-22-14-31(30-43)15-23-37)38-24-16-34(17-25-38)35-20-28-40(29-21-35)45(42-13-7-11-36-10-5-6-12-41(36)42)39-26-18-33(19-27-39)32-8-3-2-4-9-32/h2-29H,1H3. The number of fused-ring (bicyclic) bond motifs is 1. The molecule has 0 unspecified atom stereocenters. The Kier molecular flexibility index (Phi) is 7.54. The molecular formula is C42H31N3. The van der Waals surface area contributed by atoms with Crippen LogP contribution in [0.4, 0.5) is 28.4 Å². The second-order valence-corrected chi connectivity index (χ2v) is 11.1. The highest BCUT2D eigenvalue weighted by Crippen LogP contribution is 2.40. The number of anilines is 5. The van der Waals surface area contributed by atoms with Crippen molar-refractivity contribution in [1.29, 1.82) is 5.26 Å². The lowest BCUT2D eigenvalue weighted by Crippen LogP contribution is -2.10. The monoisotopic (exact) mass is 577 g/mol. The van der Waals surface area contributed by atoms with Crippen molar-refractivity contribution in [3.05, 3.63) is 175 Å². The molecule has 7 rings (SSSR count). The summed E-state index contributed by atoms with van der Waals surface area (Å²) in [5.74, 6) is 0. The zero-order valence-corrected chi connectivity index (χ0v) is 25.0. The summed E-state index contributed by atoms with van der Waals surface area (Å²) < 4.78 is 0. The van der Waals surface area contributed by atoms with Crippen LogP contribution >= 0.6 is 0 Å². The van der Waals surface area contributed by atoms with Crippen LogP contribution < -0.4 is 9.80 Å². The van der Waals surface area contributed by atoms with Crippen LogP contribution in [0.25, 0.3) is 33.0 Å². The van der Waals surface area contributed by atoms with Crippen LogP contribution in [0.5, 0.6) is 0 Å². The van der Waals surface area contributed by atoms with Gasteiger partial charge in [0.15, 0.2) is 0 Å². The van der Waals surface area contributed by atoms with Gasteiger partial charge in [0, 0.05) is 35.2 Å². The van der Waals surface area contributed by atoms with E-state index in [0.29, 0.717) is 5.56 Å². The summed E-state index contributed by atoms with van der Waals surface area (Å²) in [6, 6.07) is 61.6. The van der Waals surface area contributed by atoms with Gasteiger partial charge in [-0.1, -0.05) is 103 Å². The van der Waals surface area contributed by atoms with Gasteiger partial charge < -0.3 is 9.80 Å². The van der Waals surface area contributed by atoms with E-state index in [1.807, 2.05) is 37.4 Å². The molecule has 0 aliphatic heterocycles. The average Bonchev–Trinajstić information content (AvgIpc) is 3.13. The van der Waals surface area contributed by atoms with E-state index >= 15 is 0 Å². The van der Waals surface area contributed by atoms with Gasteiger partial charge in [-0.05, 0) is 94.4 Å². The summed E-state index contributed by atoms with van der Waals surface area (Å²) in [4.78, 5) is 4.47. The predicted octanol–water partition coefficient (Wildman–Crippen LogP) is 11.3. The topological polar surface area (TPSA) is 30.3 Å². The van der Waals surface area contributed by atoms with Crippen LogP contribution in [0.15, 0.2) is 170 Å². The molecule has 0 spiro atoms. The molecule has 0 amide bonds. The second-order valence-electron chi connectivity index (χ2n) is 11.1. The Morgan fingerprint density at radius 1 is 0.422 bits per heavy atom. The fourth-order valence-corrected chi connectivity index (χ4v) is 5.85. The summed E-state index contributed by atoms with van der Waals surface area (Å²) in [7, 11) is 2.04. The lowest BCUT2D eigenvalue weighted by atomic mass is 10.0.